The van der Waals surface area contributed by atoms with Crippen LogP contribution in [0.5, 0.6) is 5.75 Å². The van der Waals surface area contributed by atoms with Crippen molar-refractivity contribution in [2.45, 2.75) is 43.2 Å². The Labute approximate surface area is 111 Å². The van der Waals surface area contributed by atoms with Gasteiger partial charge in [0.05, 0.1) is 6.61 Å². The standard InChI is InChI=1S/C13H17F3OS/c14-13(15,16)9-3-1-2-4-10-17-11-5-7-12(18)8-6-11/h5-8,18H,1-4,9-10H2. The molecule has 0 bridgehead atoms. The average molecular weight is 278 g/mol. The van der Waals surface area contributed by atoms with Crippen LogP contribution in [0.2, 0.25) is 0 Å². The van der Waals surface area contributed by atoms with E-state index in [1.165, 1.54) is 0 Å². The zero-order valence-corrected chi connectivity index (χ0v) is 10.9. The van der Waals surface area contributed by atoms with E-state index in [1.54, 1.807) is 0 Å². The van der Waals surface area contributed by atoms with E-state index in [9.17, 15) is 13.2 Å². The second kappa shape index (κ2) is 7.56. The van der Waals surface area contributed by atoms with Gasteiger partial charge in [-0.05, 0) is 37.1 Å². The molecular formula is C13H17F3OS. The minimum Gasteiger partial charge on any atom is -0.494 e. The van der Waals surface area contributed by atoms with Crippen LogP contribution in [0.25, 0.3) is 0 Å². The molecule has 5 heteroatoms. The molecule has 0 aliphatic carbocycles. The van der Waals surface area contributed by atoms with E-state index in [-0.39, 0.29) is 6.42 Å². The molecule has 18 heavy (non-hydrogen) atoms. The van der Waals surface area contributed by atoms with Gasteiger partial charge in [-0.2, -0.15) is 13.2 Å². The molecule has 0 saturated heterocycles. The molecule has 1 rings (SSSR count). The molecule has 0 fully saturated rings. The van der Waals surface area contributed by atoms with Crippen molar-refractivity contribution in [3.63, 3.8) is 0 Å². The topological polar surface area (TPSA) is 9.23 Å². The van der Waals surface area contributed by atoms with Crippen molar-refractivity contribution in [1.29, 1.82) is 0 Å². The van der Waals surface area contributed by atoms with Crippen LogP contribution in [0.3, 0.4) is 0 Å². The number of hydrogen-bond donors (Lipinski definition) is 1. The highest BCUT2D eigenvalue weighted by atomic mass is 32.1. The number of ether oxygens (including phenoxy) is 1. The van der Waals surface area contributed by atoms with E-state index in [2.05, 4.69) is 12.6 Å². The Kier molecular flexibility index (Phi) is 6.39. The Morgan fingerprint density at radius 2 is 1.56 bits per heavy atom. The second-order valence-corrected chi connectivity index (χ2v) is 4.64. The Morgan fingerprint density at radius 1 is 0.944 bits per heavy atom. The van der Waals surface area contributed by atoms with Gasteiger partial charge < -0.3 is 4.74 Å². The van der Waals surface area contributed by atoms with E-state index < -0.39 is 12.6 Å². The van der Waals surface area contributed by atoms with Gasteiger partial charge in [-0.1, -0.05) is 12.8 Å². The molecule has 0 aromatic heterocycles. The van der Waals surface area contributed by atoms with Crippen molar-refractivity contribution in [2.75, 3.05) is 6.61 Å². The number of alkyl halides is 3. The highest BCUT2D eigenvalue weighted by molar-refractivity contribution is 7.80. The fourth-order valence-corrected chi connectivity index (χ4v) is 1.66. The van der Waals surface area contributed by atoms with E-state index in [0.29, 0.717) is 13.0 Å². The molecule has 0 radical (unpaired) electrons. The van der Waals surface area contributed by atoms with Crippen LogP contribution in [0.4, 0.5) is 13.2 Å². The maximum Gasteiger partial charge on any atom is 0.389 e. The minimum atomic E-state index is -4.02. The highest BCUT2D eigenvalue weighted by Crippen LogP contribution is 2.23. The number of halogens is 3. The van der Waals surface area contributed by atoms with Crippen LogP contribution in [0, 0.1) is 0 Å². The maximum absolute atomic E-state index is 11.9. The van der Waals surface area contributed by atoms with Gasteiger partial charge in [0, 0.05) is 11.3 Å². The molecule has 0 amide bonds. The lowest BCUT2D eigenvalue weighted by atomic mass is 10.1. The van der Waals surface area contributed by atoms with Gasteiger partial charge >= 0.3 is 6.18 Å². The first-order valence-corrected chi connectivity index (χ1v) is 6.41. The van der Waals surface area contributed by atoms with Crippen molar-refractivity contribution in [1.82, 2.24) is 0 Å². The molecule has 0 saturated carbocycles. The summed E-state index contributed by atoms with van der Waals surface area (Å²) in [5, 5.41) is 0. The van der Waals surface area contributed by atoms with Gasteiger partial charge in [0.25, 0.3) is 0 Å². The summed E-state index contributed by atoms with van der Waals surface area (Å²) in [5.41, 5.74) is 0. The third-order valence-electron chi connectivity index (χ3n) is 2.46. The fraction of sp³-hybridized carbons (Fsp3) is 0.538. The van der Waals surface area contributed by atoms with Gasteiger partial charge in [-0.25, -0.2) is 0 Å². The molecule has 102 valence electrons. The number of thiol groups is 1. The summed E-state index contributed by atoms with van der Waals surface area (Å²) in [4.78, 5) is 0.870. The van der Waals surface area contributed by atoms with Crippen LogP contribution < -0.4 is 4.74 Å². The van der Waals surface area contributed by atoms with Gasteiger partial charge in [-0.15, -0.1) is 12.6 Å². The van der Waals surface area contributed by atoms with E-state index in [0.717, 1.165) is 23.5 Å². The zero-order valence-electron chi connectivity index (χ0n) is 10.0. The molecule has 0 atom stereocenters. The second-order valence-electron chi connectivity index (χ2n) is 4.12. The van der Waals surface area contributed by atoms with Gasteiger partial charge in [0.2, 0.25) is 0 Å². The normalized spacial score (nSPS) is 11.6. The molecule has 1 aromatic carbocycles. The Bertz CT molecular complexity index is 335. The Morgan fingerprint density at radius 3 is 2.17 bits per heavy atom. The van der Waals surface area contributed by atoms with Gasteiger partial charge in [0.1, 0.15) is 5.75 Å². The summed E-state index contributed by atoms with van der Waals surface area (Å²) >= 11 is 4.16. The third-order valence-corrected chi connectivity index (χ3v) is 2.76. The lowest BCUT2D eigenvalue weighted by Gasteiger charge is -2.07. The van der Waals surface area contributed by atoms with Gasteiger partial charge in [0.15, 0.2) is 0 Å². The smallest absolute Gasteiger partial charge is 0.389 e. The first kappa shape index (κ1) is 15.2. The highest BCUT2D eigenvalue weighted by Gasteiger charge is 2.25. The summed E-state index contributed by atoms with van der Waals surface area (Å²) in [6, 6.07) is 7.32. The molecular weight excluding hydrogens is 261 g/mol. The van der Waals surface area contributed by atoms with E-state index >= 15 is 0 Å². The Balaban J connectivity index is 2.00. The molecule has 0 spiro atoms. The third kappa shape index (κ3) is 7.48. The maximum atomic E-state index is 11.9. The summed E-state index contributed by atoms with van der Waals surface area (Å²) in [6.45, 7) is 0.540. The van der Waals surface area contributed by atoms with Crippen LogP contribution >= 0.6 is 12.6 Å². The van der Waals surface area contributed by atoms with Crippen molar-refractivity contribution >= 4 is 12.6 Å². The molecule has 0 aliphatic rings. The number of hydrogen-bond acceptors (Lipinski definition) is 2. The predicted molar refractivity (Wildman–Crippen MR) is 68.3 cm³/mol. The lowest BCUT2D eigenvalue weighted by Crippen LogP contribution is -2.06. The zero-order chi connectivity index (χ0) is 13.4. The van der Waals surface area contributed by atoms with Crippen molar-refractivity contribution in [2.24, 2.45) is 0 Å². The summed E-state index contributed by atoms with van der Waals surface area (Å²) < 4.78 is 41.0. The number of rotatable bonds is 7. The van der Waals surface area contributed by atoms with Crippen molar-refractivity contribution < 1.29 is 17.9 Å². The lowest BCUT2D eigenvalue weighted by molar-refractivity contribution is -0.135. The molecule has 1 nitrogen and oxygen atoms in total. The van der Waals surface area contributed by atoms with Crippen molar-refractivity contribution in [3.8, 4) is 5.75 Å². The first-order valence-electron chi connectivity index (χ1n) is 5.96. The number of unbranched alkanes of at least 4 members (excludes halogenated alkanes) is 3. The fourth-order valence-electron chi connectivity index (χ4n) is 1.51. The molecule has 0 heterocycles. The summed E-state index contributed by atoms with van der Waals surface area (Å²) in [6.07, 6.45) is -2.36. The molecule has 1 aromatic rings. The monoisotopic (exact) mass is 278 g/mol. The largest absolute Gasteiger partial charge is 0.494 e. The van der Waals surface area contributed by atoms with Crippen LogP contribution in [0.1, 0.15) is 32.1 Å². The van der Waals surface area contributed by atoms with Crippen LogP contribution in [0.15, 0.2) is 29.2 Å². The first-order chi connectivity index (χ1) is 8.47. The van der Waals surface area contributed by atoms with Crippen LogP contribution in [-0.4, -0.2) is 12.8 Å². The predicted octanol–water partition coefficient (Wildman–Crippen LogP) is 4.87. The quantitative estimate of drug-likeness (QED) is 0.553. The Hall–Kier alpha value is -0.840. The summed E-state index contributed by atoms with van der Waals surface area (Å²) in [5.74, 6) is 0.767. The van der Waals surface area contributed by atoms with E-state index in [4.69, 9.17) is 4.74 Å². The molecule has 0 N–H and O–H groups in total. The van der Waals surface area contributed by atoms with E-state index in [1.807, 2.05) is 24.3 Å². The number of benzene rings is 1. The van der Waals surface area contributed by atoms with Gasteiger partial charge in [-0.3, -0.25) is 0 Å². The molecule has 0 aliphatic heterocycles. The van der Waals surface area contributed by atoms with Crippen molar-refractivity contribution in [3.05, 3.63) is 24.3 Å². The molecule has 0 unspecified atom stereocenters. The van der Waals surface area contributed by atoms with Crippen LogP contribution in [-0.2, 0) is 0 Å². The summed E-state index contributed by atoms with van der Waals surface area (Å²) in [7, 11) is 0. The SMILES string of the molecule is FC(F)(F)CCCCCCOc1ccc(S)cc1. The minimum absolute atomic E-state index is 0.206. The average Bonchev–Trinajstić information content (AvgIpc) is 2.29.